The lowest BCUT2D eigenvalue weighted by Crippen LogP contribution is -2.29. The zero-order valence-corrected chi connectivity index (χ0v) is 18.0. The van der Waals surface area contributed by atoms with Crippen molar-refractivity contribution in [2.75, 3.05) is 18.6 Å². The summed E-state index contributed by atoms with van der Waals surface area (Å²) in [7, 11) is 1.51. The Morgan fingerprint density at radius 2 is 1.97 bits per heavy atom. The summed E-state index contributed by atoms with van der Waals surface area (Å²) in [6.45, 7) is 2.54. The first-order valence-corrected chi connectivity index (χ1v) is 10.0. The highest BCUT2D eigenvalue weighted by molar-refractivity contribution is 6.32. The zero-order valence-electron chi connectivity index (χ0n) is 17.2. The smallest absolute Gasteiger partial charge is 0.251 e. The molecular weight excluding hydrogens is 419 g/mol. The zero-order chi connectivity index (χ0) is 22.2. The SMILES string of the molecule is CCOc1cc(/C=C/C(=O)N(Cc2ccccn2)c2ccc(F)cc2)cc(Cl)c1OC. The van der Waals surface area contributed by atoms with E-state index in [0.29, 0.717) is 40.1 Å². The van der Waals surface area contributed by atoms with E-state index in [-0.39, 0.29) is 18.3 Å². The minimum Gasteiger partial charge on any atom is -0.491 e. The second-order valence-corrected chi connectivity index (χ2v) is 6.93. The average molecular weight is 441 g/mol. The first kappa shape index (κ1) is 22.3. The number of halogens is 2. The van der Waals surface area contributed by atoms with Crippen LogP contribution < -0.4 is 14.4 Å². The van der Waals surface area contributed by atoms with Gasteiger partial charge in [0.2, 0.25) is 0 Å². The number of aromatic nitrogens is 1. The predicted molar refractivity (Wildman–Crippen MR) is 120 cm³/mol. The number of pyridine rings is 1. The average Bonchev–Trinajstić information content (AvgIpc) is 2.77. The fourth-order valence-electron chi connectivity index (χ4n) is 2.97. The quantitative estimate of drug-likeness (QED) is 0.432. The van der Waals surface area contributed by atoms with Gasteiger partial charge in [0.1, 0.15) is 5.82 Å². The van der Waals surface area contributed by atoms with Crippen molar-refractivity contribution in [3.63, 3.8) is 0 Å². The van der Waals surface area contributed by atoms with Gasteiger partial charge in [0.15, 0.2) is 11.5 Å². The topological polar surface area (TPSA) is 51.7 Å². The van der Waals surface area contributed by atoms with Gasteiger partial charge in [-0.25, -0.2) is 4.39 Å². The van der Waals surface area contributed by atoms with Crippen molar-refractivity contribution in [3.05, 3.63) is 89.0 Å². The second kappa shape index (κ2) is 10.6. The fraction of sp³-hybridized carbons (Fsp3) is 0.167. The van der Waals surface area contributed by atoms with E-state index in [9.17, 15) is 9.18 Å². The molecule has 3 rings (SSSR count). The van der Waals surface area contributed by atoms with E-state index in [1.165, 1.54) is 30.2 Å². The first-order chi connectivity index (χ1) is 15.0. The summed E-state index contributed by atoms with van der Waals surface area (Å²) in [5.41, 5.74) is 1.95. The van der Waals surface area contributed by atoms with Gasteiger partial charge in [-0.3, -0.25) is 9.78 Å². The summed E-state index contributed by atoms with van der Waals surface area (Å²) >= 11 is 6.29. The minimum absolute atomic E-state index is 0.239. The van der Waals surface area contributed by atoms with Gasteiger partial charge in [-0.1, -0.05) is 17.7 Å². The Bertz CT molecular complexity index is 1060. The highest BCUT2D eigenvalue weighted by atomic mass is 35.5. The molecule has 0 fully saturated rings. The number of ether oxygens (including phenoxy) is 2. The highest BCUT2D eigenvalue weighted by Gasteiger charge is 2.16. The van der Waals surface area contributed by atoms with E-state index in [4.69, 9.17) is 21.1 Å². The van der Waals surface area contributed by atoms with Gasteiger partial charge < -0.3 is 14.4 Å². The molecule has 0 unspecified atom stereocenters. The van der Waals surface area contributed by atoms with E-state index in [1.807, 2.05) is 19.1 Å². The minimum atomic E-state index is -0.374. The van der Waals surface area contributed by atoms with Crippen molar-refractivity contribution in [1.29, 1.82) is 0 Å². The third-order valence-electron chi connectivity index (χ3n) is 4.40. The second-order valence-electron chi connectivity index (χ2n) is 6.52. The molecule has 5 nitrogen and oxygen atoms in total. The van der Waals surface area contributed by atoms with E-state index in [2.05, 4.69) is 4.98 Å². The van der Waals surface area contributed by atoms with Crippen LogP contribution in [0.1, 0.15) is 18.2 Å². The van der Waals surface area contributed by atoms with Gasteiger partial charge in [0.05, 0.1) is 31.0 Å². The molecule has 0 aliphatic heterocycles. The monoisotopic (exact) mass is 440 g/mol. The van der Waals surface area contributed by atoms with Gasteiger partial charge in [0.25, 0.3) is 5.91 Å². The first-order valence-electron chi connectivity index (χ1n) is 9.67. The molecule has 2 aromatic carbocycles. The lowest BCUT2D eigenvalue weighted by Gasteiger charge is -2.21. The van der Waals surface area contributed by atoms with Gasteiger partial charge in [0, 0.05) is 18.0 Å². The molecule has 0 radical (unpaired) electrons. The molecule has 1 heterocycles. The Kier molecular flexibility index (Phi) is 7.62. The summed E-state index contributed by atoms with van der Waals surface area (Å²) in [6, 6.07) is 14.7. The number of hydrogen-bond acceptors (Lipinski definition) is 4. The molecule has 0 aliphatic rings. The maximum Gasteiger partial charge on any atom is 0.251 e. The van der Waals surface area contributed by atoms with Gasteiger partial charge in [-0.05, 0) is 67.1 Å². The van der Waals surface area contributed by atoms with Crippen LogP contribution in [0.5, 0.6) is 11.5 Å². The third kappa shape index (κ3) is 5.83. The lowest BCUT2D eigenvalue weighted by atomic mass is 10.1. The van der Waals surface area contributed by atoms with Crippen molar-refractivity contribution in [1.82, 2.24) is 4.98 Å². The van der Waals surface area contributed by atoms with Gasteiger partial charge in [-0.15, -0.1) is 0 Å². The standard InChI is InChI=1S/C24H22ClFN2O3/c1-3-31-22-15-17(14-21(25)24(22)30-2)7-12-23(29)28(16-19-6-4-5-13-27-19)20-10-8-18(26)9-11-20/h4-15H,3,16H2,1-2H3/b12-7+. The number of nitrogens with zero attached hydrogens (tertiary/aromatic N) is 2. The van der Waals surface area contributed by atoms with Crippen molar-refractivity contribution in [2.45, 2.75) is 13.5 Å². The molecular formula is C24H22ClFN2O3. The summed E-state index contributed by atoms with van der Waals surface area (Å²) in [5.74, 6) is 0.270. The third-order valence-corrected chi connectivity index (χ3v) is 4.69. The molecule has 0 saturated heterocycles. The van der Waals surface area contributed by atoms with Crippen LogP contribution in [0.3, 0.4) is 0 Å². The van der Waals surface area contributed by atoms with Crippen molar-refractivity contribution in [2.24, 2.45) is 0 Å². The molecule has 31 heavy (non-hydrogen) atoms. The molecule has 3 aromatic rings. The molecule has 0 saturated carbocycles. The van der Waals surface area contributed by atoms with Crippen LogP contribution in [0.15, 0.2) is 66.9 Å². The molecule has 0 spiro atoms. The number of methoxy groups -OCH3 is 1. The van der Waals surface area contributed by atoms with E-state index < -0.39 is 0 Å². The summed E-state index contributed by atoms with van der Waals surface area (Å²) < 4.78 is 24.3. The lowest BCUT2D eigenvalue weighted by molar-refractivity contribution is -0.114. The van der Waals surface area contributed by atoms with Gasteiger partial charge in [-0.2, -0.15) is 0 Å². The molecule has 160 valence electrons. The number of benzene rings is 2. The molecule has 0 bridgehead atoms. The van der Waals surface area contributed by atoms with Crippen LogP contribution >= 0.6 is 11.6 Å². The van der Waals surface area contributed by atoms with E-state index in [1.54, 1.807) is 42.6 Å². The fourth-order valence-corrected chi connectivity index (χ4v) is 3.27. The maximum absolute atomic E-state index is 13.4. The summed E-state index contributed by atoms with van der Waals surface area (Å²) in [5, 5.41) is 0.379. The van der Waals surface area contributed by atoms with Gasteiger partial charge >= 0.3 is 0 Å². The molecule has 1 aromatic heterocycles. The summed E-state index contributed by atoms with van der Waals surface area (Å²) in [6.07, 6.45) is 4.73. The highest BCUT2D eigenvalue weighted by Crippen LogP contribution is 2.36. The number of anilines is 1. The largest absolute Gasteiger partial charge is 0.491 e. The Morgan fingerprint density at radius 1 is 1.19 bits per heavy atom. The van der Waals surface area contributed by atoms with Crippen LogP contribution in [-0.4, -0.2) is 24.6 Å². The molecule has 1 amide bonds. The van der Waals surface area contributed by atoms with Crippen LogP contribution in [-0.2, 0) is 11.3 Å². The summed E-state index contributed by atoms with van der Waals surface area (Å²) in [4.78, 5) is 18.9. The Balaban J connectivity index is 1.89. The van der Waals surface area contributed by atoms with E-state index in [0.717, 1.165) is 0 Å². The van der Waals surface area contributed by atoms with Crippen LogP contribution in [0.25, 0.3) is 6.08 Å². The van der Waals surface area contributed by atoms with Crippen molar-refractivity contribution < 1.29 is 18.7 Å². The van der Waals surface area contributed by atoms with Crippen molar-refractivity contribution >= 4 is 29.3 Å². The number of rotatable bonds is 8. The molecule has 7 heteroatoms. The Hall–Kier alpha value is -3.38. The Labute approximate surface area is 185 Å². The van der Waals surface area contributed by atoms with Crippen LogP contribution in [0.4, 0.5) is 10.1 Å². The normalized spacial score (nSPS) is 10.8. The Morgan fingerprint density at radius 3 is 2.61 bits per heavy atom. The number of carbonyl (C=O) groups excluding carboxylic acids is 1. The number of amides is 1. The number of hydrogen-bond donors (Lipinski definition) is 0. The maximum atomic E-state index is 13.4. The van der Waals surface area contributed by atoms with Crippen LogP contribution in [0, 0.1) is 5.82 Å². The predicted octanol–water partition coefficient (Wildman–Crippen LogP) is 5.53. The van der Waals surface area contributed by atoms with Crippen molar-refractivity contribution in [3.8, 4) is 11.5 Å². The number of carbonyl (C=O) groups is 1. The molecule has 0 atom stereocenters. The molecule has 0 N–H and O–H groups in total. The van der Waals surface area contributed by atoms with Crippen LogP contribution in [0.2, 0.25) is 5.02 Å². The van der Waals surface area contributed by atoms with E-state index >= 15 is 0 Å². The molecule has 0 aliphatic carbocycles.